The highest BCUT2D eigenvalue weighted by atomic mass is 35.7. The maximum Gasteiger partial charge on any atom is 0.232 e. The zero-order chi connectivity index (χ0) is 14.9. The minimum absolute atomic E-state index is 0.138. The lowest BCUT2D eigenvalue weighted by atomic mass is 10.1. The van der Waals surface area contributed by atoms with E-state index in [0.717, 1.165) is 0 Å². The van der Waals surface area contributed by atoms with Gasteiger partial charge in [-0.25, -0.2) is 8.42 Å². The van der Waals surface area contributed by atoms with Gasteiger partial charge in [0.15, 0.2) is 0 Å². The third-order valence-corrected chi connectivity index (χ3v) is 4.72. The van der Waals surface area contributed by atoms with Crippen LogP contribution < -0.4 is 9.64 Å². The zero-order valence-electron chi connectivity index (χ0n) is 10.7. The van der Waals surface area contributed by atoms with E-state index in [1.54, 1.807) is 18.2 Å². The molecule has 1 amide bonds. The summed E-state index contributed by atoms with van der Waals surface area (Å²) in [6.45, 7) is 0.275. The number of methoxy groups -OCH3 is 1. The summed E-state index contributed by atoms with van der Waals surface area (Å²) in [6, 6.07) is 5.10. The van der Waals surface area contributed by atoms with Gasteiger partial charge in [-0.15, -0.1) is 0 Å². The molecule has 8 heteroatoms. The number of carbonyl (C=O) groups excluding carboxylic acids is 1. The first-order valence-electron chi connectivity index (χ1n) is 5.87. The van der Waals surface area contributed by atoms with Gasteiger partial charge in [0, 0.05) is 29.6 Å². The summed E-state index contributed by atoms with van der Waals surface area (Å²) in [7, 11) is 3.09. The van der Waals surface area contributed by atoms with Crippen molar-refractivity contribution in [2.75, 3.05) is 24.3 Å². The largest absolute Gasteiger partial charge is 0.495 e. The molecule has 0 aliphatic carbocycles. The highest BCUT2D eigenvalue weighted by Crippen LogP contribution is 2.37. The first kappa shape index (κ1) is 15.4. The lowest BCUT2D eigenvalue weighted by molar-refractivity contribution is -0.117. The van der Waals surface area contributed by atoms with Gasteiger partial charge in [-0.3, -0.25) is 4.79 Å². The molecule has 110 valence electrons. The average molecular weight is 338 g/mol. The molecule has 0 bridgehead atoms. The standard InChI is InChI=1S/C12H13Cl2NO4S/c1-19-10-4-2-3-9(12(10)13)15-6-8(5-11(15)16)7-20(14,17)18/h2-4,8H,5-7H2,1H3. The molecule has 0 radical (unpaired) electrons. The van der Waals surface area contributed by atoms with Gasteiger partial charge in [0.2, 0.25) is 15.0 Å². The first-order chi connectivity index (χ1) is 9.31. The van der Waals surface area contributed by atoms with E-state index in [-0.39, 0.29) is 30.5 Å². The Kier molecular flexibility index (Phi) is 4.46. The van der Waals surface area contributed by atoms with Crippen molar-refractivity contribution in [2.45, 2.75) is 6.42 Å². The lowest BCUT2D eigenvalue weighted by Gasteiger charge is -2.19. The Morgan fingerprint density at radius 3 is 2.75 bits per heavy atom. The van der Waals surface area contributed by atoms with E-state index in [9.17, 15) is 13.2 Å². The fourth-order valence-corrected chi connectivity index (χ4v) is 3.90. The van der Waals surface area contributed by atoms with Gasteiger partial charge in [-0.1, -0.05) is 17.7 Å². The maximum atomic E-state index is 12.0. The number of hydrogen-bond acceptors (Lipinski definition) is 4. The molecule has 1 aliphatic rings. The molecule has 1 aromatic rings. The SMILES string of the molecule is COc1cccc(N2CC(CS(=O)(=O)Cl)CC2=O)c1Cl. The molecule has 1 heterocycles. The molecular weight excluding hydrogens is 325 g/mol. The van der Waals surface area contributed by atoms with Crippen molar-refractivity contribution >= 4 is 42.9 Å². The second-order valence-corrected chi connectivity index (χ2v) is 7.77. The van der Waals surface area contributed by atoms with Crippen LogP contribution in [0.3, 0.4) is 0 Å². The molecule has 1 fully saturated rings. The van der Waals surface area contributed by atoms with Crippen molar-refractivity contribution in [3.05, 3.63) is 23.2 Å². The fourth-order valence-electron chi connectivity index (χ4n) is 2.27. The summed E-state index contributed by atoms with van der Waals surface area (Å²) in [4.78, 5) is 13.5. The van der Waals surface area contributed by atoms with Crippen molar-refractivity contribution in [1.82, 2.24) is 0 Å². The van der Waals surface area contributed by atoms with Crippen LogP contribution in [0.15, 0.2) is 18.2 Å². The molecule has 0 spiro atoms. The van der Waals surface area contributed by atoms with Crippen LogP contribution in [0.5, 0.6) is 5.75 Å². The molecule has 20 heavy (non-hydrogen) atoms. The van der Waals surface area contributed by atoms with Crippen molar-refractivity contribution in [2.24, 2.45) is 5.92 Å². The van der Waals surface area contributed by atoms with Crippen LogP contribution in [0.1, 0.15) is 6.42 Å². The summed E-state index contributed by atoms with van der Waals surface area (Å²) < 4.78 is 27.3. The summed E-state index contributed by atoms with van der Waals surface area (Å²) in [5, 5.41) is 0.331. The lowest BCUT2D eigenvalue weighted by Crippen LogP contribution is -2.25. The molecule has 0 saturated carbocycles. The number of ether oxygens (including phenoxy) is 1. The zero-order valence-corrected chi connectivity index (χ0v) is 13.0. The second-order valence-electron chi connectivity index (χ2n) is 4.57. The van der Waals surface area contributed by atoms with Crippen LogP contribution in [0.25, 0.3) is 0 Å². The molecule has 1 saturated heterocycles. The van der Waals surface area contributed by atoms with E-state index in [0.29, 0.717) is 16.5 Å². The topological polar surface area (TPSA) is 63.7 Å². The smallest absolute Gasteiger partial charge is 0.232 e. The third kappa shape index (κ3) is 3.37. The van der Waals surface area contributed by atoms with Gasteiger partial charge in [-0.2, -0.15) is 0 Å². The fraction of sp³-hybridized carbons (Fsp3) is 0.417. The van der Waals surface area contributed by atoms with Gasteiger partial charge >= 0.3 is 0 Å². The van der Waals surface area contributed by atoms with Crippen molar-refractivity contribution in [3.63, 3.8) is 0 Å². The van der Waals surface area contributed by atoms with Gasteiger partial charge in [0.1, 0.15) is 10.8 Å². The van der Waals surface area contributed by atoms with Gasteiger partial charge < -0.3 is 9.64 Å². The van der Waals surface area contributed by atoms with Crippen molar-refractivity contribution in [3.8, 4) is 5.75 Å². The first-order valence-corrected chi connectivity index (χ1v) is 8.72. The Balaban J connectivity index is 2.24. The van der Waals surface area contributed by atoms with Crippen molar-refractivity contribution < 1.29 is 17.9 Å². The monoisotopic (exact) mass is 337 g/mol. The third-order valence-electron chi connectivity index (χ3n) is 3.09. The van der Waals surface area contributed by atoms with E-state index in [2.05, 4.69) is 0 Å². The minimum Gasteiger partial charge on any atom is -0.495 e. The average Bonchev–Trinajstić information content (AvgIpc) is 2.68. The van der Waals surface area contributed by atoms with E-state index in [1.165, 1.54) is 12.0 Å². The number of benzene rings is 1. The Hall–Kier alpha value is -0.980. The number of anilines is 1. The molecule has 2 rings (SSSR count). The molecule has 1 atom stereocenters. The number of carbonyl (C=O) groups is 1. The number of hydrogen-bond donors (Lipinski definition) is 0. The van der Waals surface area contributed by atoms with Crippen LogP contribution in [-0.2, 0) is 13.8 Å². The molecule has 1 aromatic carbocycles. The number of nitrogens with zero attached hydrogens (tertiary/aromatic N) is 1. The predicted octanol–water partition coefficient (Wildman–Crippen LogP) is 2.27. The van der Waals surface area contributed by atoms with E-state index >= 15 is 0 Å². The highest BCUT2D eigenvalue weighted by Gasteiger charge is 2.34. The van der Waals surface area contributed by atoms with Crippen LogP contribution in [0.2, 0.25) is 5.02 Å². The normalized spacial score (nSPS) is 19.4. The summed E-state index contributed by atoms with van der Waals surface area (Å²) >= 11 is 6.17. The van der Waals surface area contributed by atoms with E-state index < -0.39 is 9.05 Å². The van der Waals surface area contributed by atoms with Crippen LogP contribution in [-0.4, -0.2) is 33.7 Å². The van der Waals surface area contributed by atoms with E-state index in [4.69, 9.17) is 27.0 Å². The Morgan fingerprint density at radius 2 is 2.15 bits per heavy atom. The van der Waals surface area contributed by atoms with Crippen LogP contribution >= 0.6 is 22.3 Å². The summed E-state index contributed by atoms with van der Waals surface area (Å²) in [5.74, 6) is -0.263. The molecule has 1 aliphatic heterocycles. The molecular formula is C12H13Cl2NO4S. The van der Waals surface area contributed by atoms with Gasteiger partial charge in [-0.05, 0) is 12.1 Å². The number of amides is 1. The molecule has 5 nitrogen and oxygen atoms in total. The summed E-state index contributed by atoms with van der Waals surface area (Å²) in [5.41, 5.74) is 0.519. The number of rotatable bonds is 4. The Labute approximate surface area is 126 Å². The molecule has 1 unspecified atom stereocenters. The Morgan fingerprint density at radius 1 is 1.45 bits per heavy atom. The number of halogens is 2. The second kappa shape index (κ2) is 5.79. The van der Waals surface area contributed by atoms with Gasteiger partial charge in [0.25, 0.3) is 0 Å². The minimum atomic E-state index is -3.62. The van der Waals surface area contributed by atoms with E-state index in [1.807, 2.05) is 0 Å². The van der Waals surface area contributed by atoms with Crippen LogP contribution in [0.4, 0.5) is 5.69 Å². The van der Waals surface area contributed by atoms with Crippen LogP contribution in [0, 0.1) is 5.92 Å². The Bertz CT molecular complexity index is 632. The molecule has 0 N–H and O–H groups in total. The molecule has 0 aromatic heterocycles. The van der Waals surface area contributed by atoms with Gasteiger partial charge in [0.05, 0.1) is 18.6 Å². The highest BCUT2D eigenvalue weighted by molar-refractivity contribution is 8.13. The maximum absolute atomic E-state index is 12.0. The van der Waals surface area contributed by atoms with Crippen molar-refractivity contribution in [1.29, 1.82) is 0 Å². The summed E-state index contributed by atoms with van der Waals surface area (Å²) in [6.07, 6.45) is 0.138. The quantitative estimate of drug-likeness (QED) is 0.790. The predicted molar refractivity (Wildman–Crippen MR) is 78.1 cm³/mol.